The number of piperazine rings is 1. The molecular formula is C30H41N9O2. The van der Waals surface area contributed by atoms with Gasteiger partial charge in [-0.2, -0.15) is 0 Å². The number of amides is 2. The molecule has 11 nitrogen and oxygen atoms in total. The predicted molar refractivity (Wildman–Crippen MR) is 160 cm³/mol. The Bertz CT molecular complexity index is 1300. The lowest BCUT2D eigenvalue weighted by Gasteiger charge is -2.32. The number of benzene rings is 1. The van der Waals surface area contributed by atoms with E-state index in [9.17, 15) is 4.79 Å². The first kappa shape index (κ1) is 27.6. The zero-order valence-electron chi connectivity index (χ0n) is 24.0. The lowest BCUT2D eigenvalue weighted by Crippen LogP contribution is -2.44. The third-order valence-corrected chi connectivity index (χ3v) is 8.57. The second-order valence-electron chi connectivity index (χ2n) is 11.4. The number of ether oxygens (including phenoxy) is 1. The number of aromatic nitrogens is 4. The molecule has 3 aliphatic heterocycles. The van der Waals surface area contributed by atoms with Crippen LogP contribution in [-0.4, -0.2) is 113 Å². The molecule has 3 fully saturated rings. The molecule has 2 aromatic heterocycles. The summed E-state index contributed by atoms with van der Waals surface area (Å²) in [7, 11) is 2.18. The minimum Gasteiger partial charge on any atom is -0.493 e. The molecule has 2 amide bonds. The van der Waals surface area contributed by atoms with E-state index in [1.54, 1.807) is 18.7 Å². The number of piperidine rings is 1. The zero-order valence-corrected chi connectivity index (χ0v) is 24.0. The van der Waals surface area contributed by atoms with E-state index in [1.807, 2.05) is 17.0 Å². The van der Waals surface area contributed by atoms with Gasteiger partial charge in [-0.1, -0.05) is 0 Å². The standard InChI is InChI=1S/C30H41N9O2/c1-36-14-16-37(17-15-36)9-4-18-41-25-5-6-26-27(19-25)33-22-34-28(26)23-7-12-39(13-8-23)30(40)35-24-20-31-29(32-21-24)38-10-2-3-11-38/h5-6,19-23H,2-4,7-18H2,1H3,(H,35,40). The molecule has 5 heterocycles. The van der Waals surface area contributed by atoms with Gasteiger partial charge in [0.25, 0.3) is 0 Å². The molecule has 1 aromatic carbocycles. The topological polar surface area (TPSA) is 103 Å². The van der Waals surface area contributed by atoms with Gasteiger partial charge in [0.2, 0.25) is 5.95 Å². The molecule has 0 spiro atoms. The average molecular weight is 560 g/mol. The Morgan fingerprint density at radius 2 is 1.71 bits per heavy atom. The van der Waals surface area contributed by atoms with Crippen molar-refractivity contribution in [2.45, 2.75) is 38.0 Å². The smallest absolute Gasteiger partial charge is 0.321 e. The van der Waals surface area contributed by atoms with Crippen molar-refractivity contribution in [2.75, 3.05) is 82.8 Å². The molecule has 3 aromatic rings. The summed E-state index contributed by atoms with van der Waals surface area (Å²) in [6.45, 7) is 9.66. The van der Waals surface area contributed by atoms with Crippen LogP contribution in [0.2, 0.25) is 0 Å². The van der Waals surface area contributed by atoms with Crippen molar-refractivity contribution in [2.24, 2.45) is 0 Å². The second kappa shape index (κ2) is 12.9. The second-order valence-corrected chi connectivity index (χ2v) is 11.4. The number of hydrogen-bond acceptors (Lipinski definition) is 9. The van der Waals surface area contributed by atoms with E-state index >= 15 is 0 Å². The number of anilines is 2. The maximum atomic E-state index is 12.9. The van der Waals surface area contributed by atoms with Gasteiger partial charge < -0.3 is 29.7 Å². The number of likely N-dealkylation sites (tertiary alicyclic amines) is 1. The average Bonchev–Trinajstić information content (AvgIpc) is 3.56. The lowest BCUT2D eigenvalue weighted by atomic mass is 9.91. The fourth-order valence-corrected chi connectivity index (χ4v) is 6.05. The van der Waals surface area contributed by atoms with Crippen molar-refractivity contribution in [3.05, 3.63) is 42.6 Å². The van der Waals surface area contributed by atoms with E-state index in [-0.39, 0.29) is 11.9 Å². The lowest BCUT2D eigenvalue weighted by molar-refractivity contribution is 0.145. The van der Waals surface area contributed by atoms with Crippen LogP contribution in [0.3, 0.4) is 0 Å². The fourth-order valence-electron chi connectivity index (χ4n) is 6.05. The van der Waals surface area contributed by atoms with Gasteiger partial charge in [0.15, 0.2) is 0 Å². The van der Waals surface area contributed by atoms with Gasteiger partial charge in [-0.25, -0.2) is 24.7 Å². The van der Waals surface area contributed by atoms with Crippen LogP contribution in [0.25, 0.3) is 10.9 Å². The molecule has 41 heavy (non-hydrogen) atoms. The Hall–Kier alpha value is -3.57. The summed E-state index contributed by atoms with van der Waals surface area (Å²) in [6.07, 6.45) is 10.1. The molecule has 0 atom stereocenters. The van der Waals surface area contributed by atoms with Crippen LogP contribution in [0, 0.1) is 0 Å². The molecule has 1 N–H and O–H groups in total. The monoisotopic (exact) mass is 559 g/mol. The van der Waals surface area contributed by atoms with Gasteiger partial charge in [-0.05, 0) is 51.3 Å². The molecule has 3 saturated heterocycles. The first-order valence-electron chi connectivity index (χ1n) is 15.0. The molecule has 0 aliphatic carbocycles. The summed E-state index contributed by atoms with van der Waals surface area (Å²) in [4.78, 5) is 39.9. The number of urea groups is 1. The summed E-state index contributed by atoms with van der Waals surface area (Å²) in [5, 5.41) is 4.03. The van der Waals surface area contributed by atoms with E-state index in [1.165, 1.54) is 12.8 Å². The van der Waals surface area contributed by atoms with Gasteiger partial charge in [-0.15, -0.1) is 0 Å². The summed E-state index contributed by atoms with van der Waals surface area (Å²) >= 11 is 0. The van der Waals surface area contributed by atoms with Gasteiger partial charge in [0.05, 0.1) is 35.9 Å². The van der Waals surface area contributed by atoms with E-state index in [0.717, 1.165) is 93.4 Å². The van der Waals surface area contributed by atoms with Crippen molar-refractivity contribution in [1.82, 2.24) is 34.6 Å². The van der Waals surface area contributed by atoms with Crippen LogP contribution in [0.1, 0.15) is 43.7 Å². The van der Waals surface area contributed by atoms with Crippen LogP contribution in [0.15, 0.2) is 36.9 Å². The van der Waals surface area contributed by atoms with E-state index in [4.69, 9.17) is 4.74 Å². The number of hydrogen-bond donors (Lipinski definition) is 1. The zero-order chi connectivity index (χ0) is 28.0. The SMILES string of the molecule is CN1CCN(CCCOc2ccc3c(C4CCN(C(=O)Nc5cnc(N6CCCC6)nc5)CC4)ncnc3c2)CC1. The quantitative estimate of drug-likeness (QED) is 0.416. The highest BCUT2D eigenvalue weighted by Crippen LogP contribution is 2.32. The Balaban J connectivity index is 0.989. The summed E-state index contributed by atoms with van der Waals surface area (Å²) in [5.41, 5.74) is 2.59. The molecule has 0 saturated carbocycles. The Morgan fingerprint density at radius 1 is 0.951 bits per heavy atom. The van der Waals surface area contributed by atoms with E-state index in [2.05, 4.69) is 53.1 Å². The summed E-state index contributed by atoms with van der Waals surface area (Å²) < 4.78 is 6.07. The Labute approximate surface area is 241 Å². The number of nitrogens with one attached hydrogen (secondary N) is 1. The van der Waals surface area contributed by atoms with Gasteiger partial charge in [-0.3, -0.25) is 0 Å². The summed E-state index contributed by atoms with van der Waals surface area (Å²) in [6, 6.07) is 6.04. The first-order valence-corrected chi connectivity index (χ1v) is 15.0. The molecule has 11 heteroatoms. The predicted octanol–water partition coefficient (Wildman–Crippen LogP) is 3.45. The molecular weight excluding hydrogens is 518 g/mol. The number of fused-ring (bicyclic) bond motifs is 1. The van der Waals surface area contributed by atoms with Crippen molar-refractivity contribution in [3.63, 3.8) is 0 Å². The normalized spacial score (nSPS) is 19.1. The highest BCUT2D eigenvalue weighted by Gasteiger charge is 2.26. The fraction of sp³-hybridized carbons (Fsp3) is 0.567. The van der Waals surface area contributed by atoms with E-state index in [0.29, 0.717) is 25.4 Å². The Morgan fingerprint density at radius 3 is 2.46 bits per heavy atom. The highest BCUT2D eigenvalue weighted by atomic mass is 16.5. The number of likely N-dealkylation sites (N-methyl/N-ethyl adjacent to an activating group) is 1. The third-order valence-electron chi connectivity index (χ3n) is 8.57. The van der Waals surface area contributed by atoms with Gasteiger partial charge in [0.1, 0.15) is 12.1 Å². The molecule has 0 unspecified atom stereocenters. The molecule has 6 rings (SSSR count). The van der Waals surface area contributed by atoms with Gasteiger partial charge >= 0.3 is 6.03 Å². The van der Waals surface area contributed by atoms with Gasteiger partial charge in [0, 0.05) is 76.3 Å². The van der Waals surface area contributed by atoms with Crippen molar-refractivity contribution in [3.8, 4) is 5.75 Å². The van der Waals surface area contributed by atoms with E-state index < -0.39 is 0 Å². The maximum Gasteiger partial charge on any atom is 0.321 e. The number of carbonyl (C=O) groups is 1. The van der Waals surface area contributed by atoms with Crippen LogP contribution in [-0.2, 0) is 0 Å². The molecule has 218 valence electrons. The maximum absolute atomic E-state index is 12.9. The van der Waals surface area contributed by atoms with Crippen molar-refractivity contribution >= 4 is 28.6 Å². The van der Waals surface area contributed by atoms with Crippen LogP contribution >= 0.6 is 0 Å². The molecule has 0 bridgehead atoms. The molecule has 0 radical (unpaired) electrons. The minimum atomic E-state index is -0.108. The van der Waals surface area contributed by atoms with Crippen molar-refractivity contribution in [1.29, 1.82) is 0 Å². The number of rotatable bonds is 8. The number of carbonyl (C=O) groups excluding carboxylic acids is 1. The van der Waals surface area contributed by atoms with Crippen LogP contribution in [0.4, 0.5) is 16.4 Å². The first-order chi connectivity index (χ1) is 20.1. The summed E-state index contributed by atoms with van der Waals surface area (Å²) in [5.74, 6) is 1.87. The molecule has 3 aliphatic rings. The third kappa shape index (κ3) is 6.84. The Kier molecular flexibility index (Phi) is 8.71. The van der Waals surface area contributed by atoms with Crippen LogP contribution in [0.5, 0.6) is 5.75 Å². The number of nitrogens with zero attached hydrogens (tertiary/aromatic N) is 8. The highest BCUT2D eigenvalue weighted by molar-refractivity contribution is 5.89. The van der Waals surface area contributed by atoms with Crippen molar-refractivity contribution < 1.29 is 9.53 Å². The minimum absolute atomic E-state index is 0.108. The van der Waals surface area contributed by atoms with Crippen LogP contribution < -0.4 is 15.0 Å². The largest absolute Gasteiger partial charge is 0.493 e.